The number of Topliss-reactive ketones (excluding diaryl/α,β-unsaturated/α-hetero) is 1. The summed E-state index contributed by atoms with van der Waals surface area (Å²) in [5.41, 5.74) is 6.84. The minimum Gasteiger partial charge on any atom is -0.299 e. The minimum atomic E-state index is -0.730. The summed E-state index contributed by atoms with van der Waals surface area (Å²) in [6.45, 7) is 1.45. The summed E-state index contributed by atoms with van der Waals surface area (Å²) < 4.78 is 0. The Bertz CT molecular complexity index is 604. The Morgan fingerprint density at radius 2 is 2.05 bits per heavy atom. The van der Waals surface area contributed by atoms with Gasteiger partial charge in [0, 0.05) is 5.69 Å². The maximum Gasteiger partial charge on any atom is 0.241 e. The van der Waals surface area contributed by atoms with Gasteiger partial charge in [-0.3, -0.25) is 24.9 Å². The highest BCUT2D eigenvalue weighted by molar-refractivity contribution is 8.13. The van der Waals surface area contributed by atoms with Gasteiger partial charge in [0.15, 0.2) is 5.17 Å². The van der Waals surface area contributed by atoms with Crippen LogP contribution in [-0.2, 0) is 9.59 Å². The molecule has 7 heteroatoms. The first kappa shape index (κ1) is 14.1. The Kier molecular flexibility index (Phi) is 3.69. The highest BCUT2D eigenvalue weighted by Gasteiger charge is 2.52. The molecule has 0 aliphatic carbocycles. The number of hydrogen-bond acceptors (Lipinski definition) is 6. The van der Waals surface area contributed by atoms with Crippen LogP contribution in [0.3, 0.4) is 0 Å². The van der Waals surface area contributed by atoms with Crippen molar-refractivity contribution >= 4 is 34.3 Å². The van der Waals surface area contributed by atoms with E-state index in [4.69, 9.17) is 0 Å². The fourth-order valence-electron chi connectivity index (χ4n) is 2.76. The number of rotatable bonds is 2. The van der Waals surface area contributed by atoms with E-state index in [1.54, 1.807) is 4.90 Å². The molecule has 2 N–H and O–H groups in total. The van der Waals surface area contributed by atoms with Crippen molar-refractivity contribution in [2.75, 3.05) is 11.2 Å². The first-order chi connectivity index (χ1) is 10.1. The van der Waals surface area contributed by atoms with Crippen LogP contribution in [-0.4, -0.2) is 35.3 Å². The maximum atomic E-state index is 12.7. The van der Waals surface area contributed by atoms with Crippen molar-refractivity contribution in [2.24, 2.45) is 10.9 Å². The minimum absolute atomic E-state index is 0.152. The number of carbonyl (C=O) groups is 2. The van der Waals surface area contributed by atoms with Gasteiger partial charge in [0.05, 0.1) is 0 Å². The lowest BCUT2D eigenvalue weighted by atomic mass is 9.98. The van der Waals surface area contributed by atoms with Crippen LogP contribution in [0.5, 0.6) is 0 Å². The van der Waals surface area contributed by atoms with E-state index in [1.807, 2.05) is 36.6 Å². The summed E-state index contributed by atoms with van der Waals surface area (Å²) in [7, 11) is 0. The molecule has 1 saturated heterocycles. The zero-order chi connectivity index (χ0) is 15.0. The van der Waals surface area contributed by atoms with Gasteiger partial charge in [-0.25, -0.2) is 5.43 Å². The number of fused-ring (bicyclic) bond motifs is 1. The van der Waals surface area contributed by atoms with Gasteiger partial charge in [-0.2, -0.15) is 0 Å². The van der Waals surface area contributed by atoms with Gasteiger partial charge in [-0.05, 0) is 25.3 Å². The molecule has 3 rings (SSSR count). The molecule has 1 fully saturated rings. The first-order valence-electron chi connectivity index (χ1n) is 6.65. The molecule has 1 amide bonds. The molecule has 2 aliphatic heterocycles. The topological polar surface area (TPSA) is 73.8 Å². The van der Waals surface area contributed by atoms with Crippen molar-refractivity contribution in [3.63, 3.8) is 0 Å². The number of aliphatic imine (C=N–C) groups is 1. The molecule has 0 radical (unpaired) electrons. The predicted octanol–water partition coefficient (Wildman–Crippen LogP) is 0.760. The summed E-state index contributed by atoms with van der Waals surface area (Å²) in [5, 5.41) is 0.685. The molecule has 21 heavy (non-hydrogen) atoms. The smallest absolute Gasteiger partial charge is 0.241 e. The summed E-state index contributed by atoms with van der Waals surface area (Å²) in [6.07, 6.45) is 1.53. The normalized spacial score (nSPS) is 27.9. The molecular weight excluding hydrogens is 288 g/mol. The van der Waals surface area contributed by atoms with Crippen LogP contribution in [0.1, 0.15) is 6.92 Å². The maximum absolute atomic E-state index is 12.7. The number of nitrogens with one attached hydrogen (secondary N) is 2. The van der Waals surface area contributed by atoms with Gasteiger partial charge in [0.2, 0.25) is 5.91 Å². The van der Waals surface area contributed by atoms with Gasteiger partial charge in [-0.15, -0.1) is 0 Å². The quantitative estimate of drug-likeness (QED) is 0.789. The van der Waals surface area contributed by atoms with Crippen molar-refractivity contribution in [1.82, 2.24) is 10.9 Å². The van der Waals surface area contributed by atoms with Gasteiger partial charge in [0.1, 0.15) is 23.9 Å². The number of hydrogen-bond donors (Lipinski definition) is 2. The summed E-state index contributed by atoms with van der Waals surface area (Å²) in [4.78, 5) is 30.7. The zero-order valence-corrected chi connectivity index (χ0v) is 12.6. The van der Waals surface area contributed by atoms with Crippen molar-refractivity contribution < 1.29 is 9.59 Å². The lowest BCUT2D eigenvalue weighted by molar-refractivity contribution is -0.129. The molecular formula is C14H16N4O2S. The van der Waals surface area contributed by atoms with E-state index < -0.39 is 12.0 Å². The Hall–Kier alpha value is -1.86. The molecule has 2 aliphatic rings. The van der Waals surface area contributed by atoms with Crippen LogP contribution in [0.15, 0.2) is 35.3 Å². The zero-order valence-electron chi connectivity index (χ0n) is 11.7. The van der Waals surface area contributed by atoms with Gasteiger partial charge in [0.25, 0.3) is 0 Å². The largest absolute Gasteiger partial charge is 0.299 e. The Morgan fingerprint density at radius 1 is 1.33 bits per heavy atom. The van der Waals surface area contributed by atoms with E-state index in [0.29, 0.717) is 5.17 Å². The lowest BCUT2D eigenvalue weighted by Crippen LogP contribution is -2.58. The predicted molar refractivity (Wildman–Crippen MR) is 82.9 cm³/mol. The highest BCUT2D eigenvalue weighted by Crippen LogP contribution is 2.33. The molecule has 3 atom stereocenters. The molecule has 0 saturated carbocycles. The summed E-state index contributed by atoms with van der Waals surface area (Å²) in [5.74, 6) is -1.09. The van der Waals surface area contributed by atoms with E-state index >= 15 is 0 Å². The number of nitrogens with zero attached hydrogens (tertiary/aromatic N) is 2. The van der Waals surface area contributed by atoms with Crippen LogP contribution in [0.4, 0.5) is 5.69 Å². The van der Waals surface area contributed by atoms with E-state index in [9.17, 15) is 9.59 Å². The number of hydrazine groups is 1. The van der Waals surface area contributed by atoms with Gasteiger partial charge < -0.3 is 0 Å². The Morgan fingerprint density at radius 3 is 2.67 bits per heavy atom. The lowest BCUT2D eigenvalue weighted by Gasteiger charge is -2.31. The third-order valence-electron chi connectivity index (χ3n) is 3.71. The molecule has 110 valence electrons. The van der Waals surface area contributed by atoms with Crippen LogP contribution >= 0.6 is 11.8 Å². The second kappa shape index (κ2) is 5.50. The van der Waals surface area contributed by atoms with Crippen molar-refractivity contribution in [3.05, 3.63) is 30.3 Å². The summed E-state index contributed by atoms with van der Waals surface area (Å²) in [6, 6.07) is 8.93. The summed E-state index contributed by atoms with van der Waals surface area (Å²) >= 11 is 1.44. The van der Waals surface area contributed by atoms with Crippen molar-refractivity contribution in [3.8, 4) is 0 Å². The molecule has 2 heterocycles. The average molecular weight is 304 g/mol. The van der Waals surface area contributed by atoms with Crippen molar-refractivity contribution in [1.29, 1.82) is 0 Å². The van der Waals surface area contributed by atoms with E-state index in [2.05, 4.69) is 15.8 Å². The second-order valence-electron chi connectivity index (χ2n) is 4.98. The number of carbonyl (C=O) groups excluding carboxylic acids is 2. The third kappa shape index (κ3) is 2.32. The second-order valence-corrected chi connectivity index (χ2v) is 5.77. The SMILES string of the molecule is CSC1=N[C@@H]2[C@@H](C(C)=O)C(=O)N(c3ccccc3)[C@@H]2NN1. The number of benzene rings is 1. The molecule has 0 unspecified atom stereocenters. The molecule has 6 nitrogen and oxygen atoms in total. The van der Waals surface area contributed by atoms with Crippen LogP contribution in [0.25, 0.3) is 0 Å². The standard InChI is InChI=1S/C14H16N4O2S/c1-8(19)10-11-12(16-17-14(15-11)21-2)18(13(10)20)9-6-4-3-5-7-9/h3-7,10-12,16H,1-2H3,(H,15,17)/t10-,11-,12+/m1/s1. The van der Waals surface area contributed by atoms with Crippen molar-refractivity contribution in [2.45, 2.75) is 19.1 Å². The van der Waals surface area contributed by atoms with E-state index in [1.165, 1.54) is 18.7 Å². The molecule has 0 spiro atoms. The van der Waals surface area contributed by atoms with E-state index in [-0.39, 0.29) is 17.9 Å². The monoisotopic (exact) mass is 304 g/mol. The third-order valence-corrected chi connectivity index (χ3v) is 4.30. The number of amides is 1. The molecule has 0 aromatic heterocycles. The Labute approximate surface area is 127 Å². The highest BCUT2D eigenvalue weighted by atomic mass is 32.2. The number of amidine groups is 1. The average Bonchev–Trinajstić information content (AvgIpc) is 2.79. The van der Waals surface area contributed by atoms with Crippen LogP contribution in [0, 0.1) is 5.92 Å². The van der Waals surface area contributed by atoms with Gasteiger partial charge in [-0.1, -0.05) is 30.0 Å². The first-order valence-corrected chi connectivity index (χ1v) is 7.88. The fraction of sp³-hybridized carbons (Fsp3) is 0.357. The van der Waals surface area contributed by atoms with Crippen LogP contribution in [0.2, 0.25) is 0 Å². The molecule has 0 bridgehead atoms. The number of para-hydroxylation sites is 1. The Balaban J connectivity index is 2.03. The number of anilines is 1. The number of ketones is 1. The van der Waals surface area contributed by atoms with Gasteiger partial charge >= 0.3 is 0 Å². The fourth-order valence-corrected chi connectivity index (χ4v) is 3.15. The van der Waals surface area contributed by atoms with E-state index in [0.717, 1.165) is 5.69 Å². The van der Waals surface area contributed by atoms with Crippen LogP contribution < -0.4 is 15.8 Å². The molecule has 1 aromatic carbocycles. The molecule has 1 aromatic rings. The number of thioether (sulfide) groups is 1.